The summed E-state index contributed by atoms with van der Waals surface area (Å²) in [5.41, 5.74) is 6.66. The van der Waals surface area contributed by atoms with Gasteiger partial charge in [0.05, 0.1) is 5.02 Å². The Bertz CT molecular complexity index is 452. The molecule has 0 unspecified atom stereocenters. The zero-order chi connectivity index (χ0) is 13.5. The molecule has 0 atom stereocenters. The number of amides is 1. The Kier molecular flexibility index (Phi) is 6.04. The maximum Gasteiger partial charge on any atom is 0.250 e. The highest BCUT2D eigenvalue weighted by atomic mass is 35.5. The second kappa shape index (κ2) is 7.31. The minimum Gasteiger partial charge on any atom is -0.389 e. The van der Waals surface area contributed by atoms with Gasteiger partial charge < -0.3 is 15.8 Å². The molecule has 0 aliphatic rings. The first-order valence-electron chi connectivity index (χ1n) is 5.51. The molecule has 0 saturated carbocycles. The lowest BCUT2D eigenvalue weighted by Gasteiger charge is -2.08. The first-order valence-corrected chi connectivity index (χ1v) is 6.30. The lowest BCUT2D eigenvalue weighted by atomic mass is 10.2. The molecule has 0 bridgehead atoms. The van der Waals surface area contributed by atoms with Gasteiger partial charge in [-0.3, -0.25) is 4.79 Å². The number of nitrogens with two attached hydrogens (primary N) is 1. The fraction of sp³-hybridized carbons (Fsp3) is 0.333. The number of rotatable bonds is 6. The monoisotopic (exact) mass is 286 g/mol. The largest absolute Gasteiger partial charge is 0.389 e. The summed E-state index contributed by atoms with van der Waals surface area (Å²) in [4.78, 5) is 11.7. The Morgan fingerprint density at radius 1 is 1.56 bits per heavy atom. The van der Waals surface area contributed by atoms with Gasteiger partial charge in [0, 0.05) is 17.9 Å². The molecule has 98 valence electrons. The number of hydrogen-bond acceptors (Lipinski definition) is 3. The summed E-state index contributed by atoms with van der Waals surface area (Å²) in [6.45, 7) is 2.57. The van der Waals surface area contributed by atoms with Crippen LogP contribution in [0.5, 0.6) is 0 Å². The zero-order valence-corrected chi connectivity index (χ0v) is 11.6. The Labute approximate surface area is 116 Å². The maximum absolute atomic E-state index is 11.5. The molecule has 0 aliphatic heterocycles. The van der Waals surface area contributed by atoms with E-state index in [0.29, 0.717) is 22.9 Å². The van der Waals surface area contributed by atoms with Crippen LogP contribution in [-0.4, -0.2) is 24.1 Å². The molecular weight excluding hydrogens is 272 g/mol. The first-order chi connectivity index (χ1) is 8.54. The molecule has 18 heavy (non-hydrogen) atoms. The number of benzene rings is 1. The highest BCUT2D eigenvalue weighted by molar-refractivity contribution is 7.80. The predicted molar refractivity (Wildman–Crippen MR) is 77.1 cm³/mol. The van der Waals surface area contributed by atoms with Crippen molar-refractivity contribution in [3.63, 3.8) is 0 Å². The third-order valence-electron chi connectivity index (χ3n) is 2.10. The standard InChI is InChI=1S/C12H15ClN2O2S/c1-2-5-17-7-11(16)15-8-3-4-9(12(14)18)10(13)6-8/h3-4,6H,2,5,7H2,1H3,(H2,14,18)(H,15,16). The highest BCUT2D eigenvalue weighted by Gasteiger charge is 2.07. The van der Waals surface area contributed by atoms with Crippen molar-refractivity contribution in [2.75, 3.05) is 18.5 Å². The molecule has 1 rings (SSSR count). The van der Waals surface area contributed by atoms with Crippen molar-refractivity contribution in [3.05, 3.63) is 28.8 Å². The zero-order valence-electron chi connectivity index (χ0n) is 10.0. The van der Waals surface area contributed by atoms with E-state index in [1.165, 1.54) is 0 Å². The van der Waals surface area contributed by atoms with Gasteiger partial charge in [0.25, 0.3) is 0 Å². The van der Waals surface area contributed by atoms with E-state index in [4.69, 9.17) is 34.3 Å². The molecule has 1 aromatic carbocycles. The van der Waals surface area contributed by atoms with E-state index < -0.39 is 0 Å². The van der Waals surface area contributed by atoms with E-state index in [0.717, 1.165) is 6.42 Å². The molecule has 4 nitrogen and oxygen atoms in total. The molecule has 0 saturated heterocycles. The van der Waals surface area contributed by atoms with E-state index in [1.54, 1.807) is 18.2 Å². The molecule has 0 fully saturated rings. The van der Waals surface area contributed by atoms with Crippen molar-refractivity contribution in [1.29, 1.82) is 0 Å². The molecular formula is C12H15ClN2O2S. The van der Waals surface area contributed by atoms with E-state index in [1.807, 2.05) is 6.92 Å². The lowest BCUT2D eigenvalue weighted by Crippen LogP contribution is -2.18. The van der Waals surface area contributed by atoms with Crippen LogP contribution in [0.2, 0.25) is 5.02 Å². The van der Waals surface area contributed by atoms with Crippen molar-refractivity contribution in [2.24, 2.45) is 5.73 Å². The Morgan fingerprint density at radius 2 is 2.28 bits per heavy atom. The topological polar surface area (TPSA) is 64.3 Å². The van der Waals surface area contributed by atoms with Crippen LogP contribution in [0.3, 0.4) is 0 Å². The summed E-state index contributed by atoms with van der Waals surface area (Å²) >= 11 is 10.8. The average Bonchev–Trinajstić information content (AvgIpc) is 2.28. The van der Waals surface area contributed by atoms with Gasteiger partial charge in [-0.05, 0) is 24.6 Å². The van der Waals surface area contributed by atoms with Crippen LogP contribution >= 0.6 is 23.8 Å². The normalized spacial score (nSPS) is 10.1. The van der Waals surface area contributed by atoms with Gasteiger partial charge in [0.15, 0.2) is 0 Å². The van der Waals surface area contributed by atoms with Crippen molar-refractivity contribution < 1.29 is 9.53 Å². The minimum absolute atomic E-state index is 0.0303. The predicted octanol–water partition coefficient (Wildman–Crippen LogP) is 2.34. The van der Waals surface area contributed by atoms with Crippen molar-refractivity contribution in [2.45, 2.75) is 13.3 Å². The molecule has 6 heteroatoms. The number of carbonyl (C=O) groups excluding carboxylic acids is 1. The Balaban J connectivity index is 2.60. The number of hydrogen-bond donors (Lipinski definition) is 2. The van der Waals surface area contributed by atoms with Crippen LogP contribution in [0.4, 0.5) is 5.69 Å². The van der Waals surface area contributed by atoms with Crippen LogP contribution in [0, 0.1) is 0 Å². The van der Waals surface area contributed by atoms with Crippen LogP contribution in [0.15, 0.2) is 18.2 Å². The molecule has 3 N–H and O–H groups in total. The van der Waals surface area contributed by atoms with Gasteiger partial charge in [-0.2, -0.15) is 0 Å². The van der Waals surface area contributed by atoms with Gasteiger partial charge in [0.1, 0.15) is 11.6 Å². The second-order valence-corrected chi connectivity index (χ2v) is 4.51. The summed E-state index contributed by atoms with van der Waals surface area (Å²) in [6.07, 6.45) is 0.877. The SMILES string of the molecule is CCCOCC(=O)Nc1ccc(C(N)=S)c(Cl)c1. The number of ether oxygens (including phenoxy) is 1. The number of carbonyl (C=O) groups is 1. The fourth-order valence-electron chi connectivity index (χ4n) is 1.30. The third kappa shape index (κ3) is 4.60. The summed E-state index contributed by atoms with van der Waals surface area (Å²) in [7, 11) is 0. The van der Waals surface area contributed by atoms with Crippen molar-refractivity contribution >= 4 is 40.4 Å². The molecule has 0 aromatic heterocycles. The van der Waals surface area contributed by atoms with Crippen molar-refractivity contribution in [3.8, 4) is 0 Å². The van der Waals surface area contributed by atoms with Crippen molar-refractivity contribution in [1.82, 2.24) is 0 Å². The van der Waals surface area contributed by atoms with Crippen LogP contribution in [0.1, 0.15) is 18.9 Å². The average molecular weight is 287 g/mol. The Hall–Kier alpha value is -1.17. The molecule has 0 aliphatic carbocycles. The van der Waals surface area contributed by atoms with Crippen LogP contribution in [0.25, 0.3) is 0 Å². The number of anilines is 1. The van der Waals surface area contributed by atoms with Crippen LogP contribution in [-0.2, 0) is 9.53 Å². The highest BCUT2D eigenvalue weighted by Crippen LogP contribution is 2.20. The first kappa shape index (κ1) is 14.9. The minimum atomic E-state index is -0.220. The third-order valence-corrected chi connectivity index (χ3v) is 2.63. The van der Waals surface area contributed by atoms with Crippen LogP contribution < -0.4 is 11.1 Å². The van der Waals surface area contributed by atoms with Gasteiger partial charge in [-0.25, -0.2) is 0 Å². The lowest BCUT2D eigenvalue weighted by molar-refractivity contribution is -0.120. The summed E-state index contributed by atoms with van der Waals surface area (Å²) in [5.74, 6) is -0.220. The van der Waals surface area contributed by atoms with E-state index in [9.17, 15) is 4.79 Å². The fourth-order valence-corrected chi connectivity index (χ4v) is 1.82. The number of nitrogens with one attached hydrogen (secondary N) is 1. The van der Waals surface area contributed by atoms with Gasteiger partial charge in [-0.15, -0.1) is 0 Å². The van der Waals surface area contributed by atoms with Gasteiger partial charge >= 0.3 is 0 Å². The maximum atomic E-state index is 11.5. The molecule has 0 spiro atoms. The van der Waals surface area contributed by atoms with E-state index in [-0.39, 0.29) is 17.5 Å². The summed E-state index contributed by atoms with van der Waals surface area (Å²) in [6, 6.07) is 4.97. The second-order valence-electron chi connectivity index (χ2n) is 3.66. The quantitative estimate of drug-likeness (QED) is 0.622. The van der Waals surface area contributed by atoms with Gasteiger partial charge in [0.2, 0.25) is 5.91 Å². The number of halogens is 1. The summed E-state index contributed by atoms with van der Waals surface area (Å²) in [5, 5.41) is 3.09. The molecule has 0 heterocycles. The summed E-state index contributed by atoms with van der Waals surface area (Å²) < 4.78 is 5.12. The Morgan fingerprint density at radius 3 is 2.83 bits per heavy atom. The molecule has 1 aromatic rings. The molecule has 0 radical (unpaired) electrons. The van der Waals surface area contributed by atoms with Gasteiger partial charge in [-0.1, -0.05) is 30.7 Å². The smallest absolute Gasteiger partial charge is 0.250 e. The van der Waals surface area contributed by atoms with E-state index >= 15 is 0 Å². The molecule has 1 amide bonds. The van der Waals surface area contributed by atoms with E-state index in [2.05, 4.69) is 5.32 Å². The number of thiocarbonyl (C=S) groups is 1.